The summed E-state index contributed by atoms with van der Waals surface area (Å²) in [5.41, 5.74) is 9.32. The third-order valence-corrected chi connectivity index (χ3v) is 3.66. The molecule has 0 saturated carbocycles. The van der Waals surface area contributed by atoms with E-state index in [0.29, 0.717) is 19.1 Å². The summed E-state index contributed by atoms with van der Waals surface area (Å²) in [6.45, 7) is 7.31. The number of nitrogens with two attached hydrogens (primary N) is 1. The molecule has 0 saturated heterocycles. The number of aliphatic imine (C=N–C) groups is 1. The number of benzene rings is 2. The van der Waals surface area contributed by atoms with Crippen molar-refractivity contribution >= 4 is 11.6 Å². The van der Waals surface area contributed by atoms with Crippen molar-refractivity contribution < 1.29 is 9.47 Å². The first-order chi connectivity index (χ1) is 12.0. The topological polar surface area (TPSA) is 68.9 Å². The van der Waals surface area contributed by atoms with E-state index in [-0.39, 0.29) is 5.92 Å². The Labute approximate surface area is 149 Å². The Morgan fingerprint density at radius 3 is 2.40 bits per heavy atom. The molecule has 0 spiro atoms. The van der Waals surface area contributed by atoms with E-state index in [1.54, 1.807) is 7.11 Å². The molecular formula is C20H27N3O2. The maximum atomic E-state index is 5.99. The fourth-order valence-electron chi connectivity index (χ4n) is 2.51. The molecule has 0 aromatic heterocycles. The lowest BCUT2D eigenvalue weighted by molar-refractivity contribution is 0.251. The molecule has 0 aliphatic carbocycles. The minimum atomic E-state index is 0.226. The normalized spacial score (nSPS) is 12.6. The third kappa shape index (κ3) is 6.03. The molecule has 5 heteroatoms. The molecule has 3 N–H and O–H groups in total. The summed E-state index contributed by atoms with van der Waals surface area (Å²) in [5.74, 6) is 2.11. The zero-order valence-electron chi connectivity index (χ0n) is 15.4. The summed E-state index contributed by atoms with van der Waals surface area (Å²) in [6, 6.07) is 13.8. The molecule has 0 fully saturated rings. The number of hydrogen-bond donors (Lipinski definition) is 2. The lowest BCUT2D eigenvalue weighted by atomic mass is 10.1. The number of anilines is 1. The molecule has 1 atom stereocenters. The van der Waals surface area contributed by atoms with Crippen LogP contribution >= 0.6 is 0 Å². The minimum absolute atomic E-state index is 0.226. The SMILES string of the molecule is COc1ccccc1OCC(C)CN=C(N)Nc1cc(C)cc(C)c1. The van der Waals surface area contributed by atoms with Crippen molar-refractivity contribution in [3.8, 4) is 11.5 Å². The Bertz CT molecular complexity index is 708. The van der Waals surface area contributed by atoms with E-state index in [2.05, 4.69) is 37.1 Å². The molecule has 0 aliphatic rings. The van der Waals surface area contributed by atoms with Crippen molar-refractivity contribution in [3.05, 3.63) is 53.6 Å². The van der Waals surface area contributed by atoms with Crippen LogP contribution in [0, 0.1) is 19.8 Å². The van der Waals surface area contributed by atoms with Gasteiger partial charge in [0.25, 0.3) is 0 Å². The first kappa shape index (κ1) is 18.6. The molecule has 0 aliphatic heterocycles. The molecule has 0 radical (unpaired) electrons. The van der Waals surface area contributed by atoms with E-state index >= 15 is 0 Å². The maximum absolute atomic E-state index is 5.99. The number of hydrogen-bond acceptors (Lipinski definition) is 3. The molecule has 25 heavy (non-hydrogen) atoms. The fraction of sp³-hybridized carbons (Fsp3) is 0.350. The summed E-state index contributed by atoms with van der Waals surface area (Å²) in [5, 5.41) is 3.14. The summed E-state index contributed by atoms with van der Waals surface area (Å²) < 4.78 is 11.1. The van der Waals surface area contributed by atoms with E-state index in [1.165, 1.54) is 11.1 Å². The van der Waals surface area contributed by atoms with Crippen molar-refractivity contribution in [2.24, 2.45) is 16.6 Å². The molecule has 2 aromatic carbocycles. The van der Waals surface area contributed by atoms with Gasteiger partial charge >= 0.3 is 0 Å². The van der Waals surface area contributed by atoms with Crippen molar-refractivity contribution in [1.82, 2.24) is 0 Å². The summed E-state index contributed by atoms with van der Waals surface area (Å²) in [7, 11) is 1.63. The van der Waals surface area contributed by atoms with Crippen LogP contribution in [-0.4, -0.2) is 26.2 Å². The summed E-state index contributed by atoms with van der Waals surface area (Å²) in [6.07, 6.45) is 0. The number of methoxy groups -OCH3 is 1. The van der Waals surface area contributed by atoms with Crippen LogP contribution in [0.1, 0.15) is 18.1 Å². The average Bonchev–Trinajstić information content (AvgIpc) is 2.57. The van der Waals surface area contributed by atoms with E-state index in [0.717, 1.165) is 17.2 Å². The van der Waals surface area contributed by atoms with Crippen molar-refractivity contribution in [1.29, 1.82) is 0 Å². The number of para-hydroxylation sites is 2. The Hall–Kier alpha value is -2.69. The van der Waals surface area contributed by atoms with Crippen LogP contribution in [0.15, 0.2) is 47.5 Å². The van der Waals surface area contributed by atoms with Gasteiger partial charge in [0.2, 0.25) is 0 Å². The number of guanidine groups is 1. The lowest BCUT2D eigenvalue weighted by Gasteiger charge is -2.14. The number of nitrogens with zero attached hydrogens (tertiary/aromatic N) is 1. The van der Waals surface area contributed by atoms with Crippen molar-refractivity contribution in [3.63, 3.8) is 0 Å². The van der Waals surface area contributed by atoms with Crippen molar-refractivity contribution in [2.75, 3.05) is 25.6 Å². The van der Waals surface area contributed by atoms with Gasteiger partial charge < -0.3 is 20.5 Å². The summed E-state index contributed by atoms with van der Waals surface area (Å²) in [4.78, 5) is 4.41. The summed E-state index contributed by atoms with van der Waals surface area (Å²) >= 11 is 0. The van der Waals surface area contributed by atoms with Crippen LogP contribution in [0.4, 0.5) is 5.69 Å². The van der Waals surface area contributed by atoms with Gasteiger partial charge in [-0.2, -0.15) is 0 Å². The first-order valence-corrected chi connectivity index (χ1v) is 8.39. The first-order valence-electron chi connectivity index (χ1n) is 8.39. The third-order valence-electron chi connectivity index (χ3n) is 3.66. The van der Waals surface area contributed by atoms with Gasteiger partial charge in [-0.3, -0.25) is 4.99 Å². The fourth-order valence-corrected chi connectivity index (χ4v) is 2.51. The van der Waals surface area contributed by atoms with E-state index < -0.39 is 0 Å². The number of rotatable bonds is 7. The molecule has 1 unspecified atom stereocenters. The van der Waals surface area contributed by atoms with Crippen LogP contribution in [-0.2, 0) is 0 Å². The minimum Gasteiger partial charge on any atom is -0.493 e. The van der Waals surface area contributed by atoms with E-state index in [4.69, 9.17) is 15.2 Å². The highest BCUT2D eigenvalue weighted by atomic mass is 16.5. The van der Waals surface area contributed by atoms with E-state index in [9.17, 15) is 0 Å². The second-order valence-corrected chi connectivity index (χ2v) is 6.29. The molecular weight excluding hydrogens is 314 g/mol. The molecule has 0 amide bonds. The molecule has 2 aromatic rings. The van der Waals surface area contributed by atoms with Crippen LogP contribution in [0.3, 0.4) is 0 Å². The monoisotopic (exact) mass is 341 g/mol. The van der Waals surface area contributed by atoms with Gasteiger partial charge in [0.15, 0.2) is 17.5 Å². The van der Waals surface area contributed by atoms with E-state index in [1.807, 2.05) is 36.4 Å². The molecule has 2 rings (SSSR count). The van der Waals surface area contributed by atoms with Gasteiger partial charge in [-0.05, 0) is 49.2 Å². The Morgan fingerprint density at radius 2 is 1.76 bits per heavy atom. The van der Waals surface area contributed by atoms with Gasteiger partial charge in [0.05, 0.1) is 13.7 Å². The van der Waals surface area contributed by atoms with Gasteiger partial charge in [-0.1, -0.05) is 25.1 Å². The number of aryl methyl sites for hydroxylation is 2. The number of nitrogens with one attached hydrogen (secondary N) is 1. The zero-order chi connectivity index (χ0) is 18.2. The van der Waals surface area contributed by atoms with Gasteiger partial charge in [-0.15, -0.1) is 0 Å². The molecule has 0 heterocycles. The maximum Gasteiger partial charge on any atom is 0.193 e. The van der Waals surface area contributed by atoms with Crippen LogP contribution in [0.5, 0.6) is 11.5 Å². The van der Waals surface area contributed by atoms with Crippen LogP contribution in [0.2, 0.25) is 0 Å². The molecule has 5 nitrogen and oxygen atoms in total. The average molecular weight is 341 g/mol. The molecule has 0 bridgehead atoms. The largest absolute Gasteiger partial charge is 0.493 e. The highest BCUT2D eigenvalue weighted by Gasteiger charge is 2.07. The van der Waals surface area contributed by atoms with Crippen LogP contribution in [0.25, 0.3) is 0 Å². The lowest BCUT2D eigenvalue weighted by Crippen LogP contribution is -2.24. The highest BCUT2D eigenvalue weighted by Crippen LogP contribution is 2.26. The van der Waals surface area contributed by atoms with Crippen LogP contribution < -0.4 is 20.5 Å². The van der Waals surface area contributed by atoms with Crippen molar-refractivity contribution in [2.45, 2.75) is 20.8 Å². The van der Waals surface area contributed by atoms with Gasteiger partial charge in [-0.25, -0.2) is 0 Å². The molecule has 134 valence electrons. The second kappa shape index (κ2) is 8.97. The smallest absolute Gasteiger partial charge is 0.193 e. The second-order valence-electron chi connectivity index (χ2n) is 6.29. The predicted molar refractivity (Wildman–Crippen MR) is 104 cm³/mol. The Morgan fingerprint density at radius 1 is 1.12 bits per heavy atom. The van der Waals surface area contributed by atoms with Gasteiger partial charge in [0.1, 0.15) is 0 Å². The highest BCUT2D eigenvalue weighted by molar-refractivity contribution is 5.92. The predicted octanol–water partition coefficient (Wildman–Crippen LogP) is 3.75. The number of ether oxygens (including phenoxy) is 2. The zero-order valence-corrected chi connectivity index (χ0v) is 15.4. The Balaban J connectivity index is 1.85. The Kier molecular flexibility index (Phi) is 6.69. The quantitative estimate of drug-likeness (QED) is 0.594. The van der Waals surface area contributed by atoms with Gasteiger partial charge in [0, 0.05) is 18.2 Å². The standard InChI is InChI=1S/C20H27N3O2/c1-14-9-15(2)11-17(10-14)23-20(21)22-12-16(3)13-25-19-8-6-5-7-18(19)24-4/h5-11,16H,12-13H2,1-4H3,(H3,21,22,23).